The van der Waals surface area contributed by atoms with Gasteiger partial charge in [0.25, 0.3) is 11.5 Å². The molecular formula is C14H15N3O2. The van der Waals surface area contributed by atoms with Crippen LogP contribution in [0.4, 0.5) is 0 Å². The zero-order valence-corrected chi connectivity index (χ0v) is 11.1. The molecule has 5 nitrogen and oxygen atoms in total. The molecule has 1 aromatic carbocycles. The first-order chi connectivity index (χ1) is 8.99. The number of hydrogen-bond donors (Lipinski definition) is 0. The van der Waals surface area contributed by atoms with Gasteiger partial charge in [0.1, 0.15) is 0 Å². The van der Waals surface area contributed by atoms with Crippen molar-refractivity contribution in [2.24, 2.45) is 7.05 Å². The number of carbonyl (C=O) groups excluding carboxylic acids is 1. The van der Waals surface area contributed by atoms with E-state index in [0.29, 0.717) is 11.3 Å². The van der Waals surface area contributed by atoms with E-state index in [9.17, 15) is 9.59 Å². The zero-order valence-electron chi connectivity index (χ0n) is 11.1. The molecule has 1 amide bonds. The monoisotopic (exact) mass is 257 g/mol. The van der Waals surface area contributed by atoms with Gasteiger partial charge in [0, 0.05) is 38.3 Å². The average molecular weight is 257 g/mol. The van der Waals surface area contributed by atoms with Crippen LogP contribution in [0.3, 0.4) is 0 Å². The Bertz CT molecular complexity index is 674. The van der Waals surface area contributed by atoms with Crippen LogP contribution in [-0.4, -0.2) is 34.7 Å². The Labute approximate surface area is 111 Å². The van der Waals surface area contributed by atoms with Gasteiger partial charge in [-0.15, -0.1) is 0 Å². The quantitative estimate of drug-likeness (QED) is 0.811. The molecule has 0 aliphatic rings. The fourth-order valence-corrected chi connectivity index (χ4v) is 1.73. The SMILES string of the molecule is CN(C)C(=O)c1cccc(-c2ccc(=O)n(C)n2)c1. The van der Waals surface area contributed by atoms with Crippen molar-refractivity contribution in [2.75, 3.05) is 14.1 Å². The van der Waals surface area contributed by atoms with Crippen LogP contribution < -0.4 is 5.56 Å². The highest BCUT2D eigenvalue weighted by atomic mass is 16.2. The summed E-state index contributed by atoms with van der Waals surface area (Å²) in [6, 6.07) is 10.3. The fraction of sp³-hybridized carbons (Fsp3) is 0.214. The summed E-state index contributed by atoms with van der Waals surface area (Å²) < 4.78 is 1.27. The third-order valence-corrected chi connectivity index (χ3v) is 2.77. The number of nitrogens with zero attached hydrogens (tertiary/aromatic N) is 3. The van der Waals surface area contributed by atoms with Crippen molar-refractivity contribution < 1.29 is 4.79 Å². The van der Waals surface area contributed by atoms with E-state index in [1.165, 1.54) is 15.6 Å². The number of amides is 1. The Balaban J connectivity index is 2.46. The minimum Gasteiger partial charge on any atom is -0.345 e. The molecule has 0 unspecified atom stereocenters. The van der Waals surface area contributed by atoms with Crippen LogP contribution in [0.15, 0.2) is 41.2 Å². The van der Waals surface area contributed by atoms with Gasteiger partial charge in [0.2, 0.25) is 0 Å². The van der Waals surface area contributed by atoms with Crippen molar-refractivity contribution in [3.63, 3.8) is 0 Å². The largest absolute Gasteiger partial charge is 0.345 e. The molecule has 5 heteroatoms. The first kappa shape index (κ1) is 13.0. The van der Waals surface area contributed by atoms with Crippen molar-refractivity contribution in [1.29, 1.82) is 0 Å². The first-order valence-corrected chi connectivity index (χ1v) is 5.85. The second-order valence-corrected chi connectivity index (χ2v) is 4.46. The zero-order chi connectivity index (χ0) is 14.0. The summed E-state index contributed by atoms with van der Waals surface area (Å²) in [7, 11) is 5.01. The van der Waals surface area contributed by atoms with E-state index in [2.05, 4.69) is 5.10 Å². The highest BCUT2D eigenvalue weighted by Gasteiger charge is 2.09. The van der Waals surface area contributed by atoms with Crippen molar-refractivity contribution in [2.45, 2.75) is 0 Å². The van der Waals surface area contributed by atoms with Crippen molar-refractivity contribution in [1.82, 2.24) is 14.7 Å². The highest BCUT2D eigenvalue weighted by molar-refractivity contribution is 5.95. The summed E-state index contributed by atoms with van der Waals surface area (Å²) in [6.07, 6.45) is 0. The number of aromatic nitrogens is 2. The Hall–Kier alpha value is -2.43. The van der Waals surface area contributed by atoms with Gasteiger partial charge < -0.3 is 4.90 Å². The number of hydrogen-bond acceptors (Lipinski definition) is 3. The molecule has 0 atom stereocenters. The van der Waals surface area contributed by atoms with E-state index in [0.717, 1.165) is 5.56 Å². The molecule has 0 bridgehead atoms. The van der Waals surface area contributed by atoms with E-state index < -0.39 is 0 Å². The smallest absolute Gasteiger partial charge is 0.266 e. The maximum absolute atomic E-state index is 11.9. The third kappa shape index (κ3) is 2.70. The molecule has 1 heterocycles. The molecule has 0 saturated heterocycles. The van der Waals surface area contributed by atoms with Crippen LogP contribution >= 0.6 is 0 Å². The van der Waals surface area contributed by atoms with E-state index in [1.807, 2.05) is 6.07 Å². The van der Waals surface area contributed by atoms with Crippen molar-refractivity contribution in [3.05, 3.63) is 52.3 Å². The lowest BCUT2D eigenvalue weighted by atomic mass is 10.1. The Morgan fingerprint density at radius 1 is 1.21 bits per heavy atom. The van der Waals surface area contributed by atoms with Gasteiger partial charge in [0.15, 0.2) is 0 Å². The molecule has 0 aliphatic heterocycles. The minimum atomic E-state index is -0.163. The van der Waals surface area contributed by atoms with E-state index in [1.54, 1.807) is 45.4 Å². The van der Waals surface area contributed by atoms with Gasteiger partial charge in [0.05, 0.1) is 5.69 Å². The van der Waals surface area contributed by atoms with E-state index in [-0.39, 0.29) is 11.5 Å². The summed E-state index contributed by atoms with van der Waals surface area (Å²) in [5.41, 5.74) is 1.90. The molecule has 0 saturated carbocycles. The molecule has 98 valence electrons. The summed E-state index contributed by atoms with van der Waals surface area (Å²) in [5, 5.41) is 4.17. The van der Waals surface area contributed by atoms with E-state index in [4.69, 9.17) is 0 Å². The van der Waals surface area contributed by atoms with Crippen LogP contribution in [0.25, 0.3) is 11.3 Å². The Morgan fingerprint density at radius 3 is 2.58 bits per heavy atom. The fourth-order valence-electron chi connectivity index (χ4n) is 1.73. The maximum atomic E-state index is 11.9. The highest BCUT2D eigenvalue weighted by Crippen LogP contribution is 2.17. The molecule has 2 aromatic rings. The molecule has 0 fully saturated rings. The van der Waals surface area contributed by atoms with Gasteiger partial charge >= 0.3 is 0 Å². The number of benzene rings is 1. The predicted molar refractivity (Wildman–Crippen MR) is 72.9 cm³/mol. The molecule has 0 N–H and O–H groups in total. The lowest BCUT2D eigenvalue weighted by Crippen LogP contribution is -2.21. The Morgan fingerprint density at radius 2 is 1.95 bits per heavy atom. The summed E-state index contributed by atoms with van der Waals surface area (Å²) in [5.74, 6) is -0.0633. The molecular weight excluding hydrogens is 242 g/mol. The van der Waals surface area contributed by atoms with E-state index >= 15 is 0 Å². The summed E-state index contributed by atoms with van der Waals surface area (Å²) >= 11 is 0. The first-order valence-electron chi connectivity index (χ1n) is 5.85. The van der Waals surface area contributed by atoms with Crippen LogP contribution in [0.5, 0.6) is 0 Å². The number of carbonyl (C=O) groups is 1. The topological polar surface area (TPSA) is 55.2 Å². The van der Waals surface area contributed by atoms with Crippen molar-refractivity contribution >= 4 is 5.91 Å². The third-order valence-electron chi connectivity index (χ3n) is 2.77. The Kier molecular flexibility index (Phi) is 3.46. The lowest BCUT2D eigenvalue weighted by molar-refractivity contribution is 0.0827. The molecule has 0 radical (unpaired) electrons. The minimum absolute atomic E-state index is 0.0633. The molecule has 2 rings (SSSR count). The molecule has 1 aromatic heterocycles. The summed E-state index contributed by atoms with van der Waals surface area (Å²) in [4.78, 5) is 24.7. The number of aryl methyl sites for hydroxylation is 1. The van der Waals surface area contributed by atoms with Crippen LogP contribution in [0.2, 0.25) is 0 Å². The average Bonchev–Trinajstić information content (AvgIpc) is 2.41. The second kappa shape index (κ2) is 5.06. The van der Waals surface area contributed by atoms with Gasteiger partial charge in [-0.25, -0.2) is 4.68 Å². The standard InChI is InChI=1S/C14H15N3O2/c1-16(2)14(19)11-6-4-5-10(9-11)12-7-8-13(18)17(3)15-12/h4-9H,1-3H3. The van der Waals surface area contributed by atoms with Gasteiger partial charge in [-0.2, -0.15) is 5.10 Å². The van der Waals surface area contributed by atoms with Gasteiger partial charge in [-0.3, -0.25) is 9.59 Å². The molecule has 0 aliphatic carbocycles. The van der Waals surface area contributed by atoms with Crippen molar-refractivity contribution in [3.8, 4) is 11.3 Å². The lowest BCUT2D eigenvalue weighted by Gasteiger charge is -2.11. The predicted octanol–water partition coefficient (Wildman–Crippen LogP) is 1.15. The maximum Gasteiger partial charge on any atom is 0.266 e. The van der Waals surface area contributed by atoms with Crippen LogP contribution in [0, 0.1) is 0 Å². The van der Waals surface area contributed by atoms with Crippen LogP contribution in [0.1, 0.15) is 10.4 Å². The molecule has 0 spiro atoms. The normalized spacial score (nSPS) is 10.3. The van der Waals surface area contributed by atoms with Crippen LogP contribution in [-0.2, 0) is 7.05 Å². The van der Waals surface area contributed by atoms with Gasteiger partial charge in [-0.1, -0.05) is 12.1 Å². The second-order valence-electron chi connectivity index (χ2n) is 4.46. The number of rotatable bonds is 2. The summed E-state index contributed by atoms with van der Waals surface area (Å²) in [6.45, 7) is 0. The van der Waals surface area contributed by atoms with Gasteiger partial charge in [-0.05, 0) is 18.2 Å². The molecule has 19 heavy (non-hydrogen) atoms.